The van der Waals surface area contributed by atoms with Crippen LogP contribution in [-0.2, 0) is 4.74 Å². The lowest BCUT2D eigenvalue weighted by Gasteiger charge is -2.22. The van der Waals surface area contributed by atoms with Gasteiger partial charge in [0.1, 0.15) is 6.10 Å². The van der Waals surface area contributed by atoms with E-state index in [9.17, 15) is 9.90 Å². The van der Waals surface area contributed by atoms with Gasteiger partial charge in [-0.2, -0.15) is 0 Å². The molecule has 1 aromatic rings. The monoisotopic (exact) mass is 320 g/mol. The molecule has 0 heterocycles. The number of hydrogen-bond acceptors (Lipinski definition) is 3. The first-order chi connectivity index (χ1) is 10.8. The van der Waals surface area contributed by atoms with Crippen molar-refractivity contribution < 1.29 is 14.6 Å². The molecule has 0 saturated heterocycles. The van der Waals surface area contributed by atoms with Gasteiger partial charge in [0, 0.05) is 6.42 Å². The van der Waals surface area contributed by atoms with Crippen LogP contribution >= 0.6 is 0 Å². The Morgan fingerprint density at radius 2 is 1.74 bits per heavy atom. The Labute approximate surface area is 141 Å². The van der Waals surface area contributed by atoms with Crippen LogP contribution in [0.5, 0.6) is 0 Å². The number of carbonyl (C=O) groups is 1. The van der Waals surface area contributed by atoms with E-state index in [1.165, 1.54) is 5.56 Å². The fourth-order valence-corrected chi connectivity index (χ4v) is 2.89. The van der Waals surface area contributed by atoms with Gasteiger partial charge in [0.25, 0.3) is 0 Å². The van der Waals surface area contributed by atoms with Crippen molar-refractivity contribution in [3.8, 4) is 0 Å². The molecule has 0 fully saturated rings. The maximum atomic E-state index is 12.7. The molecule has 0 amide bonds. The van der Waals surface area contributed by atoms with E-state index in [0.29, 0.717) is 30.7 Å². The second kappa shape index (κ2) is 9.07. The smallest absolute Gasteiger partial charge is 0.338 e. The van der Waals surface area contributed by atoms with E-state index in [-0.39, 0.29) is 18.0 Å². The van der Waals surface area contributed by atoms with Gasteiger partial charge in [-0.3, -0.25) is 0 Å². The third kappa shape index (κ3) is 5.35. The van der Waals surface area contributed by atoms with Crippen LogP contribution in [0.1, 0.15) is 94.1 Å². The Bertz CT molecular complexity index is 506. The number of carbonyl (C=O) groups excluding carboxylic acids is 1. The highest BCUT2D eigenvalue weighted by Gasteiger charge is 2.23. The van der Waals surface area contributed by atoms with Crippen LogP contribution in [0.25, 0.3) is 0 Å². The van der Waals surface area contributed by atoms with Gasteiger partial charge in [0.05, 0.1) is 11.7 Å². The number of aliphatic hydroxyl groups is 1. The molecule has 1 N–H and O–H groups in total. The first kappa shape index (κ1) is 19.7. The lowest BCUT2D eigenvalue weighted by Crippen LogP contribution is -2.24. The maximum Gasteiger partial charge on any atom is 0.338 e. The van der Waals surface area contributed by atoms with Gasteiger partial charge in [-0.25, -0.2) is 4.79 Å². The van der Waals surface area contributed by atoms with E-state index in [1.54, 1.807) is 0 Å². The van der Waals surface area contributed by atoms with Crippen LogP contribution in [0.4, 0.5) is 0 Å². The minimum atomic E-state index is -0.417. The minimum absolute atomic E-state index is 0.236. The standard InChI is InChI=1S/C20H32O3/c1-7-15(21)12-16(8-2)23-20(22)18-11-9-10-17(13(3)4)19(18)14(5)6/h9-11,13-16,21H,7-8,12H2,1-6H3. The van der Waals surface area contributed by atoms with E-state index in [4.69, 9.17) is 4.74 Å². The molecule has 0 spiro atoms. The van der Waals surface area contributed by atoms with Crippen molar-refractivity contribution in [1.29, 1.82) is 0 Å². The molecular formula is C20H32O3. The lowest BCUT2D eigenvalue weighted by atomic mass is 9.87. The first-order valence-corrected chi connectivity index (χ1v) is 8.83. The van der Waals surface area contributed by atoms with Crippen LogP contribution in [0.2, 0.25) is 0 Å². The molecule has 23 heavy (non-hydrogen) atoms. The maximum absolute atomic E-state index is 12.7. The fourth-order valence-electron chi connectivity index (χ4n) is 2.89. The molecule has 130 valence electrons. The summed E-state index contributed by atoms with van der Waals surface area (Å²) in [5.41, 5.74) is 2.95. The number of hydrogen-bond donors (Lipinski definition) is 1. The summed E-state index contributed by atoms with van der Waals surface area (Å²) in [4.78, 5) is 12.7. The van der Waals surface area contributed by atoms with Gasteiger partial charge in [-0.15, -0.1) is 0 Å². The molecule has 1 rings (SSSR count). The van der Waals surface area contributed by atoms with Crippen molar-refractivity contribution in [2.24, 2.45) is 0 Å². The van der Waals surface area contributed by atoms with Gasteiger partial charge in [-0.1, -0.05) is 53.7 Å². The van der Waals surface area contributed by atoms with Gasteiger partial charge in [-0.05, 0) is 41.9 Å². The summed E-state index contributed by atoms with van der Waals surface area (Å²) in [6.45, 7) is 12.4. The Hall–Kier alpha value is -1.35. The quantitative estimate of drug-likeness (QED) is 0.683. The Morgan fingerprint density at radius 3 is 2.22 bits per heavy atom. The molecule has 0 aliphatic carbocycles. The average Bonchev–Trinajstić information content (AvgIpc) is 2.52. The van der Waals surface area contributed by atoms with Crippen molar-refractivity contribution in [3.63, 3.8) is 0 Å². The molecule has 2 atom stereocenters. The van der Waals surface area contributed by atoms with E-state index in [1.807, 2.05) is 26.0 Å². The zero-order valence-electron chi connectivity index (χ0n) is 15.4. The summed E-state index contributed by atoms with van der Waals surface area (Å²) in [6.07, 6.45) is 1.23. The normalized spacial score (nSPS) is 14.1. The van der Waals surface area contributed by atoms with Crippen molar-refractivity contribution in [2.75, 3.05) is 0 Å². The summed E-state index contributed by atoms with van der Waals surface area (Å²) in [5.74, 6) is 0.354. The van der Waals surface area contributed by atoms with Crippen molar-refractivity contribution in [2.45, 2.75) is 84.8 Å². The molecule has 0 bridgehead atoms. The predicted octanol–water partition coefficient (Wildman–Crippen LogP) is 5.03. The number of aliphatic hydroxyl groups excluding tert-OH is 1. The summed E-state index contributed by atoms with van der Waals surface area (Å²) in [6, 6.07) is 5.88. The summed E-state index contributed by atoms with van der Waals surface area (Å²) in [5, 5.41) is 9.81. The van der Waals surface area contributed by atoms with Crippen molar-refractivity contribution in [1.82, 2.24) is 0 Å². The summed E-state index contributed by atoms with van der Waals surface area (Å²) >= 11 is 0. The largest absolute Gasteiger partial charge is 0.459 e. The van der Waals surface area contributed by atoms with E-state index >= 15 is 0 Å². The van der Waals surface area contributed by atoms with Gasteiger partial charge >= 0.3 is 5.97 Å². The first-order valence-electron chi connectivity index (χ1n) is 8.83. The van der Waals surface area contributed by atoms with E-state index in [2.05, 4.69) is 33.8 Å². The van der Waals surface area contributed by atoms with Crippen LogP contribution in [0.3, 0.4) is 0 Å². The average molecular weight is 320 g/mol. The Balaban J connectivity index is 3.05. The molecule has 3 heteroatoms. The van der Waals surface area contributed by atoms with Crippen LogP contribution in [0.15, 0.2) is 18.2 Å². The zero-order chi connectivity index (χ0) is 17.6. The third-order valence-corrected chi connectivity index (χ3v) is 4.29. The van der Waals surface area contributed by atoms with Crippen LogP contribution in [-0.4, -0.2) is 23.3 Å². The predicted molar refractivity (Wildman–Crippen MR) is 95.0 cm³/mol. The van der Waals surface area contributed by atoms with Crippen molar-refractivity contribution in [3.05, 3.63) is 34.9 Å². The lowest BCUT2D eigenvalue weighted by molar-refractivity contribution is 0.0131. The number of ether oxygens (including phenoxy) is 1. The topological polar surface area (TPSA) is 46.5 Å². The number of esters is 1. The fraction of sp³-hybridized carbons (Fsp3) is 0.650. The molecule has 0 aromatic heterocycles. The third-order valence-electron chi connectivity index (χ3n) is 4.29. The second-order valence-corrected chi connectivity index (χ2v) is 6.85. The highest BCUT2D eigenvalue weighted by atomic mass is 16.5. The highest BCUT2D eigenvalue weighted by Crippen LogP contribution is 2.30. The van der Waals surface area contributed by atoms with Gasteiger partial charge in [0.2, 0.25) is 0 Å². The van der Waals surface area contributed by atoms with Crippen LogP contribution in [0, 0.1) is 0 Å². The molecule has 0 aliphatic heterocycles. The summed E-state index contributed by atoms with van der Waals surface area (Å²) in [7, 11) is 0. The Morgan fingerprint density at radius 1 is 1.09 bits per heavy atom. The SMILES string of the molecule is CCC(O)CC(CC)OC(=O)c1cccc(C(C)C)c1C(C)C. The zero-order valence-corrected chi connectivity index (χ0v) is 15.4. The van der Waals surface area contributed by atoms with Gasteiger partial charge < -0.3 is 9.84 Å². The summed E-state index contributed by atoms with van der Waals surface area (Å²) < 4.78 is 5.68. The minimum Gasteiger partial charge on any atom is -0.459 e. The molecule has 1 aromatic carbocycles. The second-order valence-electron chi connectivity index (χ2n) is 6.85. The molecule has 0 aliphatic rings. The molecule has 0 radical (unpaired) electrons. The molecule has 3 nitrogen and oxygen atoms in total. The molecular weight excluding hydrogens is 288 g/mol. The Kier molecular flexibility index (Phi) is 7.77. The molecule has 0 saturated carbocycles. The highest BCUT2D eigenvalue weighted by molar-refractivity contribution is 5.92. The van der Waals surface area contributed by atoms with Crippen molar-refractivity contribution >= 4 is 5.97 Å². The van der Waals surface area contributed by atoms with Crippen LogP contribution < -0.4 is 0 Å². The molecule has 2 unspecified atom stereocenters. The number of benzene rings is 1. The van der Waals surface area contributed by atoms with E-state index in [0.717, 1.165) is 5.56 Å². The van der Waals surface area contributed by atoms with Gasteiger partial charge in [0.15, 0.2) is 0 Å². The number of rotatable bonds is 8. The van der Waals surface area contributed by atoms with E-state index < -0.39 is 6.10 Å².